The molecule has 0 bridgehead atoms. The predicted molar refractivity (Wildman–Crippen MR) is 124 cm³/mol. The molecule has 2 aromatic rings. The van der Waals surface area contributed by atoms with E-state index in [1.165, 1.54) is 18.2 Å². The highest BCUT2D eigenvalue weighted by Gasteiger charge is 2.23. The molecule has 0 atom stereocenters. The molecule has 0 radical (unpaired) electrons. The van der Waals surface area contributed by atoms with Crippen LogP contribution in [0.2, 0.25) is 5.02 Å². The highest BCUT2D eigenvalue weighted by atomic mass is 35.5. The molecule has 3 rings (SSSR count). The summed E-state index contributed by atoms with van der Waals surface area (Å²) in [6.07, 6.45) is 5.53. The Morgan fingerprint density at radius 2 is 1.83 bits per heavy atom. The van der Waals surface area contributed by atoms with Crippen LogP contribution in [0, 0.1) is 12.7 Å². The van der Waals surface area contributed by atoms with Crippen LogP contribution >= 0.6 is 24.0 Å². The molecule has 9 heteroatoms. The van der Waals surface area contributed by atoms with Crippen molar-refractivity contribution in [1.29, 1.82) is 0 Å². The van der Waals surface area contributed by atoms with E-state index in [0.717, 1.165) is 42.8 Å². The number of urea groups is 1. The fourth-order valence-corrected chi connectivity index (χ4v) is 3.77. The quantitative estimate of drug-likeness (QED) is 0.578. The molecular formula is C21H28Cl2FN5O. The molecule has 0 unspecified atom stereocenters. The van der Waals surface area contributed by atoms with Gasteiger partial charge in [0.1, 0.15) is 11.6 Å². The van der Waals surface area contributed by atoms with Gasteiger partial charge in [-0.15, -0.1) is 12.4 Å². The molecule has 1 saturated carbocycles. The number of aryl methyl sites for hydroxylation is 1. The third-order valence-electron chi connectivity index (χ3n) is 5.15. The van der Waals surface area contributed by atoms with Crippen molar-refractivity contribution in [3.8, 4) is 0 Å². The summed E-state index contributed by atoms with van der Waals surface area (Å²) in [5.74, 6) is 0.367. The Kier molecular flexibility index (Phi) is 8.55. The minimum absolute atomic E-state index is 0. The zero-order chi connectivity index (χ0) is 21.0. The Hall–Kier alpha value is -2.25. The molecule has 6 nitrogen and oxygen atoms in total. The highest BCUT2D eigenvalue weighted by Crippen LogP contribution is 2.25. The molecule has 2 amide bonds. The molecule has 164 valence electrons. The smallest absolute Gasteiger partial charge is 0.319 e. The van der Waals surface area contributed by atoms with Crippen LogP contribution in [0.3, 0.4) is 0 Å². The summed E-state index contributed by atoms with van der Waals surface area (Å²) >= 11 is 5.75. The van der Waals surface area contributed by atoms with E-state index in [2.05, 4.69) is 31.9 Å². The number of anilines is 3. The van der Waals surface area contributed by atoms with Crippen LogP contribution in [0.25, 0.3) is 0 Å². The van der Waals surface area contributed by atoms with Crippen LogP contribution in [-0.2, 0) is 0 Å². The van der Waals surface area contributed by atoms with E-state index >= 15 is 0 Å². The molecule has 3 N–H and O–H groups in total. The van der Waals surface area contributed by atoms with Gasteiger partial charge in [-0.3, -0.25) is 0 Å². The molecule has 30 heavy (non-hydrogen) atoms. The maximum Gasteiger partial charge on any atom is 0.319 e. The summed E-state index contributed by atoms with van der Waals surface area (Å²) in [6, 6.07) is 6.31. The van der Waals surface area contributed by atoms with Gasteiger partial charge >= 0.3 is 6.03 Å². The van der Waals surface area contributed by atoms with E-state index < -0.39 is 5.82 Å². The number of hydrogen-bond acceptors (Lipinski definition) is 4. The van der Waals surface area contributed by atoms with Crippen LogP contribution in [0.1, 0.15) is 31.2 Å². The lowest BCUT2D eigenvalue weighted by Gasteiger charge is -2.30. The molecule has 1 aliphatic carbocycles. The van der Waals surface area contributed by atoms with Gasteiger partial charge in [-0.1, -0.05) is 11.6 Å². The molecule has 1 heterocycles. The van der Waals surface area contributed by atoms with Gasteiger partial charge in [0.2, 0.25) is 0 Å². The van der Waals surface area contributed by atoms with Gasteiger partial charge in [0.15, 0.2) is 0 Å². The van der Waals surface area contributed by atoms with Crippen molar-refractivity contribution < 1.29 is 9.18 Å². The number of pyridine rings is 1. The van der Waals surface area contributed by atoms with E-state index in [4.69, 9.17) is 11.6 Å². The first kappa shape index (κ1) is 24.0. The second-order valence-corrected chi connectivity index (χ2v) is 8.08. The third kappa shape index (κ3) is 6.37. The van der Waals surface area contributed by atoms with Gasteiger partial charge in [-0.05, 0) is 56.4 Å². The molecule has 1 aromatic carbocycles. The number of aromatic nitrogens is 1. The molecule has 0 spiro atoms. The number of nitrogens with one attached hydrogen (secondary N) is 3. The zero-order valence-electron chi connectivity index (χ0n) is 17.3. The monoisotopic (exact) mass is 455 g/mol. The molecule has 1 aliphatic rings. The number of amides is 2. The molecular weight excluding hydrogens is 428 g/mol. The van der Waals surface area contributed by atoms with Crippen LogP contribution < -0.4 is 20.9 Å². The minimum atomic E-state index is -0.510. The predicted octanol–water partition coefficient (Wildman–Crippen LogP) is 5.22. The Morgan fingerprint density at radius 3 is 2.47 bits per heavy atom. The van der Waals surface area contributed by atoms with E-state index in [1.54, 1.807) is 0 Å². The molecule has 1 fully saturated rings. The first-order valence-electron chi connectivity index (χ1n) is 9.75. The Balaban J connectivity index is 0.00000320. The Bertz CT molecular complexity index is 872. The van der Waals surface area contributed by atoms with Crippen molar-refractivity contribution in [2.75, 3.05) is 29.6 Å². The van der Waals surface area contributed by atoms with Crippen molar-refractivity contribution >= 4 is 47.2 Å². The number of hydrogen-bond donors (Lipinski definition) is 3. The summed E-state index contributed by atoms with van der Waals surface area (Å²) in [5, 5.41) is 9.17. The van der Waals surface area contributed by atoms with Gasteiger partial charge in [-0.25, -0.2) is 14.2 Å². The Morgan fingerprint density at radius 1 is 1.17 bits per heavy atom. The second-order valence-electron chi connectivity index (χ2n) is 7.67. The van der Waals surface area contributed by atoms with Gasteiger partial charge in [0.05, 0.1) is 5.02 Å². The first-order chi connectivity index (χ1) is 13.8. The zero-order valence-corrected chi connectivity index (χ0v) is 18.9. The lowest BCUT2D eigenvalue weighted by atomic mass is 9.91. The van der Waals surface area contributed by atoms with E-state index in [9.17, 15) is 9.18 Å². The first-order valence-corrected chi connectivity index (χ1v) is 10.1. The minimum Gasteiger partial charge on any atom is -0.377 e. The number of nitrogens with zero attached hydrogens (tertiary/aromatic N) is 2. The number of halogens is 3. The Labute approximate surface area is 188 Å². The van der Waals surface area contributed by atoms with Gasteiger partial charge in [0, 0.05) is 49.8 Å². The standard InChI is InChI=1S/C21H27ClFN5O.ClH/c1-13-12-24-20(11-19(13)28(2)3)25-14-4-6-15(7-5-14)26-21(29)27-16-8-9-18(23)17(22)10-16;/h8-12,14-15H,4-7H2,1-3H3,(H,24,25)(H2,26,27,29);1H. The van der Waals surface area contributed by atoms with Gasteiger partial charge < -0.3 is 20.9 Å². The normalized spacial score (nSPS) is 18.2. The SMILES string of the molecule is Cc1cnc(NC2CCC(NC(=O)Nc3ccc(F)c(Cl)c3)CC2)cc1N(C)C.Cl. The van der Waals surface area contributed by atoms with E-state index in [0.29, 0.717) is 11.7 Å². The molecule has 0 saturated heterocycles. The maximum absolute atomic E-state index is 13.2. The summed E-state index contributed by atoms with van der Waals surface area (Å²) in [7, 11) is 4.04. The van der Waals surface area contributed by atoms with Gasteiger partial charge in [-0.2, -0.15) is 0 Å². The molecule has 0 aliphatic heterocycles. The van der Waals surface area contributed by atoms with Crippen molar-refractivity contribution in [3.63, 3.8) is 0 Å². The van der Waals surface area contributed by atoms with E-state index in [-0.39, 0.29) is 29.5 Å². The number of carbonyl (C=O) groups is 1. The lowest BCUT2D eigenvalue weighted by molar-refractivity contribution is 0.243. The summed E-state index contributed by atoms with van der Waals surface area (Å²) < 4.78 is 13.2. The summed E-state index contributed by atoms with van der Waals surface area (Å²) in [4.78, 5) is 18.8. The lowest BCUT2D eigenvalue weighted by Crippen LogP contribution is -2.42. The summed E-state index contributed by atoms with van der Waals surface area (Å²) in [6.45, 7) is 2.05. The van der Waals surface area contributed by atoms with Crippen LogP contribution in [0.4, 0.5) is 26.4 Å². The van der Waals surface area contributed by atoms with Crippen molar-refractivity contribution in [1.82, 2.24) is 10.3 Å². The number of carbonyl (C=O) groups excluding carboxylic acids is 1. The summed E-state index contributed by atoms with van der Waals surface area (Å²) in [5.41, 5.74) is 2.75. The van der Waals surface area contributed by atoms with Gasteiger partial charge in [0.25, 0.3) is 0 Å². The fourth-order valence-electron chi connectivity index (χ4n) is 3.59. The van der Waals surface area contributed by atoms with Crippen molar-refractivity contribution in [3.05, 3.63) is 46.9 Å². The van der Waals surface area contributed by atoms with Crippen LogP contribution in [-0.4, -0.2) is 37.2 Å². The average Bonchev–Trinajstić information content (AvgIpc) is 2.67. The van der Waals surface area contributed by atoms with Crippen molar-refractivity contribution in [2.24, 2.45) is 0 Å². The largest absolute Gasteiger partial charge is 0.377 e. The maximum atomic E-state index is 13.2. The third-order valence-corrected chi connectivity index (χ3v) is 5.44. The second kappa shape index (κ2) is 10.7. The van der Waals surface area contributed by atoms with E-state index in [1.807, 2.05) is 27.2 Å². The number of benzene rings is 1. The van der Waals surface area contributed by atoms with Crippen molar-refractivity contribution in [2.45, 2.75) is 44.7 Å². The van der Waals surface area contributed by atoms with Crippen LogP contribution in [0.15, 0.2) is 30.5 Å². The topological polar surface area (TPSA) is 69.3 Å². The highest BCUT2D eigenvalue weighted by molar-refractivity contribution is 6.31. The van der Waals surface area contributed by atoms with Crippen LogP contribution in [0.5, 0.6) is 0 Å². The average molecular weight is 456 g/mol. The molecule has 1 aromatic heterocycles. The fraction of sp³-hybridized carbons (Fsp3) is 0.429. The number of rotatable bonds is 5.